The smallest absolute Gasteiger partial charge is 0.170 e. The molecule has 0 saturated carbocycles. The minimum atomic E-state index is 0.825. The number of hydrogen-bond donors (Lipinski definition) is 0. The van der Waals surface area contributed by atoms with Crippen LogP contribution in [0.1, 0.15) is 5.56 Å². The molecule has 1 aromatic carbocycles. The molecule has 1 nitrogen and oxygen atoms in total. The van der Waals surface area contributed by atoms with E-state index < -0.39 is 0 Å². The van der Waals surface area contributed by atoms with Crippen LogP contribution >= 0.6 is 15.9 Å². The zero-order chi connectivity index (χ0) is 7.68. The summed E-state index contributed by atoms with van der Waals surface area (Å²) in [7, 11) is 0. The highest BCUT2D eigenvalue weighted by Crippen LogP contribution is 2.20. The van der Waals surface area contributed by atoms with Crippen molar-refractivity contribution in [3.8, 4) is 0 Å². The van der Waals surface area contributed by atoms with Crippen molar-refractivity contribution in [3.63, 3.8) is 0 Å². The van der Waals surface area contributed by atoms with Gasteiger partial charge in [-0.25, -0.2) is 0 Å². The van der Waals surface area contributed by atoms with Crippen LogP contribution in [0.3, 0.4) is 0 Å². The average Bonchev–Trinajstić information content (AvgIpc) is 2.50. The zero-order valence-electron chi connectivity index (χ0n) is 5.80. The first-order valence-corrected chi connectivity index (χ1v) is 4.47. The Morgan fingerprint density at radius 1 is 1.45 bits per heavy atom. The summed E-state index contributed by atoms with van der Waals surface area (Å²) < 4.78 is 5.18. The van der Waals surface area contributed by atoms with Crippen LogP contribution in [0.15, 0.2) is 28.7 Å². The van der Waals surface area contributed by atoms with Crippen molar-refractivity contribution in [3.05, 3.63) is 36.1 Å². The lowest BCUT2D eigenvalue weighted by Crippen LogP contribution is -1.75. The molecule has 0 saturated heterocycles. The molecule has 0 aliphatic carbocycles. The van der Waals surface area contributed by atoms with Gasteiger partial charge in [0.1, 0.15) is 5.58 Å². The second-order valence-corrected chi connectivity index (χ2v) is 2.89. The molecule has 0 amide bonds. The highest BCUT2D eigenvalue weighted by atomic mass is 79.9. The molecule has 2 heteroatoms. The van der Waals surface area contributed by atoms with E-state index >= 15 is 0 Å². The van der Waals surface area contributed by atoms with Crippen LogP contribution in [0.2, 0.25) is 0 Å². The van der Waals surface area contributed by atoms with Gasteiger partial charge in [0.05, 0.1) is 0 Å². The standard InChI is InChI=1S/C9H6BrO/c10-6-8-3-1-2-7-4-5-11-9(7)8/h1-4H,6H2. The number of fused-ring (bicyclic) bond motifs is 1. The summed E-state index contributed by atoms with van der Waals surface area (Å²) in [5.41, 5.74) is 2.10. The van der Waals surface area contributed by atoms with Crippen molar-refractivity contribution in [1.82, 2.24) is 0 Å². The fourth-order valence-corrected chi connectivity index (χ4v) is 1.54. The molecular formula is C9H6BrO. The zero-order valence-corrected chi connectivity index (χ0v) is 7.39. The van der Waals surface area contributed by atoms with Gasteiger partial charge in [0, 0.05) is 16.3 Å². The molecule has 2 aromatic rings. The molecule has 55 valence electrons. The molecular weight excluding hydrogens is 204 g/mol. The molecule has 0 atom stereocenters. The molecule has 0 N–H and O–H groups in total. The summed E-state index contributed by atoms with van der Waals surface area (Å²) in [6, 6.07) is 7.92. The Labute approximate surface area is 73.1 Å². The summed E-state index contributed by atoms with van der Waals surface area (Å²) >= 11 is 3.39. The predicted molar refractivity (Wildman–Crippen MR) is 47.7 cm³/mol. The SMILES string of the molecule is BrCc1cccc2c[c]oc12. The lowest BCUT2D eigenvalue weighted by molar-refractivity contribution is 0.603. The summed E-state index contributed by atoms with van der Waals surface area (Å²) in [6.07, 6.45) is 2.72. The number of hydrogen-bond acceptors (Lipinski definition) is 1. The monoisotopic (exact) mass is 209 g/mol. The molecule has 0 unspecified atom stereocenters. The molecule has 1 radical (unpaired) electrons. The molecule has 0 aliphatic heterocycles. The van der Waals surface area contributed by atoms with Crippen molar-refractivity contribution < 1.29 is 4.42 Å². The maximum atomic E-state index is 5.18. The van der Waals surface area contributed by atoms with Gasteiger partial charge in [0.15, 0.2) is 6.26 Å². The molecule has 1 heterocycles. The highest BCUT2D eigenvalue weighted by molar-refractivity contribution is 9.08. The van der Waals surface area contributed by atoms with Gasteiger partial charge in [-0.15, -0.1) is 0 Å². The Morgan fingerprint density at radius 2 is 2.36 bits per heavy atom. The van der Waals surface area contributed by atoms with Gasteiger partial charge in [-0.3, -0.25) is 0 Å². The summed E-state index contributed by atoms with van der Waals surface area (Å²) in [4.78, 5) is 0. The van der Waals surface area contributed by atoms with Crippen molar-refractivity contribution >= 4 is 26.9 Å². The maximum Gasteiger partial charge on any atom is 0.170 e. The highest BCUT2D eigenvalue weighted by Gasteiger charge is 2.00. The largest absolute Gasteiger partial charge is 0.452 e. The first-order valence-electron chi connectivity index (χ1n) is 3.35. The van der Waals surface area contributed by atoms with E-state index in [2.05, 4.69) is 22.2 Å². The first-order chi connectivity index (χ1) is 5.42. The summed E-state index contributed by atoms with van der Waals surface area (Å²) in [5, 5.41) is 1.94. The van der Waals surface area contributed by atoms with Gasteiger partial charge >= 0.3 is 0 Å². The van der Waals surface area contributed by atoms with E-state index in [1.165, 1.54) is 5.56 Å². The number of furan rings is 1. The van der Waals surface area contributed by atoms with E-state index in [1.54, 1.807) is 0 Å². The van der Waals surface area contributed by atoms with Crippen LogP contribution in [-0.2, 0) is 5.33 Å². The Bertz CT molecular complexity index is 364. The molecule has 1 aromatic heterocycles. The van der Waals surface area contributed by atoms with Gasteiger partial charge in [0.2, 0.25) is 0 Å². The number of alkyl halides is 1. The van der Waals surface area contributed by atoms with Crippen molar-refractivity contribution in [1.29, 1.82) is 0 Å². The van der Waals surface area contributed by atoms with Crippen LogP contribution < -0.4 is 0 Å². The van der Waals surface area contributed by atoms with E-state index in [1.807, 2.05) is 24.3 Å². The fourth-order valence-electron chi connectivity index (χ4n) is 1.10. The van der Waals surface area contributed by atoms with E-state index in [4.69, 9.17) is 4.42 Å². The van der Waals surface area contributed by atoms with Crippen molar-refractivity contribution in [2.45, 2.75) is 5.33 Å². The van der Waals surface area contributed by atoms with E-state index in [0.717, 1.165) is 16.3 Å². The quantitative estimate of drug-likeness (QED) is 0.659. The summed E-state index contributed by atoms with van der Waals surface area (Å²) in [5.74, 6) is 0. The number of rotatable bonds is 1. The van der Waals surface area contributed by atoms with Crippen LogP contribution in [0.5, 0.6) is 0 Å². The van der Waals surface area contributed by atoms with Crippen LogP contribution in [0.4, 0.5) is 0 Å². The van der Waals surface area contributed by atoms with Gasteiger partial charge in [-0.2, -0.15) is 0 Å². The lowest BCUT2D eigenvalue weighted by Gasteiger charge is -1.94. The van der Waals surface area contributed by atoms with Gasteiger partial charge < -0.3 is 4.42 Å². The fraction of sp³-hybridized carbons (Fsp3) is 0.111. The molecule has 0 aliphatic rings. The first kappa shape index (κ1) is 6.92. The third-order valence-corrected chi connectivity index (χ3v) is 2.25. The van der Waals surface area contributed by atoms with Gasteiger partial charge in [0.25, 0.3) is 0 Å². The molecule has 0 spiro atoms. The van der Waals surface area contributed by atoms with Crippen LogP contribution in [0.25, 0.3) is 11.0 Å². The van der Waals surface area contributed by atoms with Gasteiger partial charge in [-0.05, 0) is 6.07 Å². The Hall–Kier alpha value is -0.760. The lowest BCUT2D eigenvalue weighted by atomic mass is 10.2. The molecule has 11 heavy (non-hydrogen) atoms. The molecule has 0 bridgehead atoms. The second kappa shape index (κ2) is 2.70. The number of benzene rings is 1. The maximum absolute atomic E-state index is 5.18. The van der Waals surface area contributed by atoms with Gasteiger partial charge in [-0.1, -0.05) is 34.1 Å². The third-order valence-electron chi connectivity index (χ3n) is 1.65. The summed E-state index contributed by atoms with van der Waals surface area (Å²) in [6.45, 7) is 0. The molecule has 2 rings (SSSR count). The second-order valence-electron chi connectivity index (χ2n) is 2.33. The predicted octanol–water partition coefficient (Wildman–Crippen LogP) is 3.13. The van der Waals surface area contributed by atoms with Crippen molar-refractivity contribution in [2.75, 3.05) is 0 Å². The normalized spacial score (nSPS) is 10.6. The Kier molecular flexibility index (Phi) is 1.70. The number of para-hydroxylation sites is 1. The number of halogens is 1. The third kappa shape index (κ3) is 1.07. The Morgan fingerprint density at radius 3 is 3.18 bits per heavy atom. The van der Waals surface area contributed by atoms with Crippen LogP contribution in [-0.4, -0.2) is 0 Å². The van der Waals surface area contributed by atoms with Crippen molar-refractivity contribution in [2.24, 2.45) is 0 Å². The van der Waals surface area contributed by atoms with Crippen LogP contribution in [0, 0.1) is 6.26 Å². The Balaban J connectivity index is 2.79. The molecule has 0 fully saturated rings. The van der Waals surface area contributed by atoms with E-state index in [0.29, 0.717) is 0 Å². The van der Waals surface area contributed by atoms with E-state index in [9.17, 15) is 0 Å². The minimum Gasteiger partial charge on any atom is -0.452 e. The van der Waals surface area contributed by atoms with E-state index in [-0.39, 0.29) is 0 Å². The topological polar surface area (TPSA) is 13.1 Å². The minimum absolute atomic E-state index is 0.825. The average molecular weight is 210 g/mol.